The molecule has 0 saturated heterocycles. The van der Waals surface area contributed by atoms with Gasteiger partial charge in [-0.2, -0.15) is 0 Å². The molecule has 0 fully saturated rings. The number of benzene rings is 1. The van der Waals surface area contributed by atoms with Crippen LogP contribution in [-0.4, -0.2) is 88.2 Å². The lowest BCUT2D eigenvalue weighted by Crippen LogP contribution is -2.58. The highest BCUT2D eigenvalue weighted by atomic mass is 16.4. The number of rotatable bonds is 16. The second-order valence-corrected chi connectivity index (χ2v) is 8.30. The summed E-state index contributed by atoms with van der Waals surface area (Å²) in [7, 11) is 0. The fourth-order valence-corrected chi connectivity index (χ4v) is 3.16. The van der Waals surface area contributed by atoms with Crippen LogP contribution in [0.1, 0.15) is 24.8 Å². The largest absolute Gasteiger partial charge is 0.508 e. The molecule has 0 heterocycles. The van der Waals surface area contributed by atoms with Gasteiger partial charge in [-0.3, -0.25) is 24.2 Å². The van der Waals surface area contributed by atoms with Crippen LogP contribution in [0.2, 0.25) is 0 Å². The molecular weight excluding hydrogens is 504 g/mol. The third kappa shape index (κ3) is 11.5. The molecule has 0 aliphatic heterocycles. The van der Waals surface area contributed by atoms with Crippen molar-refractivity contribution < 1.29 is 39.3 Å². The summed E-state index contributed by atoms with van der Waals surface area (Å²) in [6.07, 6.45) is -0.631. The second kappa shape index (κ2) is 15.6. The lowest BCUT2D eigenvalue weighted by atomic mass is 10.0. The summed E-state index contributed by atoms with van der Waals surface area (Å²) >= 11 is 0. The standard InChI is InChI=1S/C22H34N8O8/c23-13(10-31)18(34)29-15(8-11-3-5-12(32)6-4-11)20(36)28-14(2-1-7-27-22(25)26)19(35)30-16(21(37)38)9-17(24)33/h3-6,13-16,31-32H,1-2,7-10,23H2,(H2,24,33)(H,28,36)(H,29,34)(H,30,35)(H,37,38)(H4,25,26,27). The Balaban J connectivity index is 3.16. The first-order chi connectivity index (χ1) is 17.8. The van der Waals surface area contributed by atoms with Gasteiger partial charge in [0.25, 0.3) is 0 Å². The van der Waals surface area contributed by atoms with Crippen molar-refractivity contribution >= 4 is 35.6 Å². The quantitative estimate of drug-likeness (QED) is 0.0545. The smallest absolute Gasteiger partial charge is 0.326 e. The Hall–Kier alpha value is -4.44. The number of aliphatic hydroxyl groups excluding tert-OH is 1. The van der Waals surface area contributed by atoms with Crippen LogP contribution >= 0.6 is 0 Å². The van der Waals surface area contributed by atoms with E-state index in [9.17, 15) is 34.2 Å². The van der Waals surface area contributed by atoms with Gasteiger partial charge in [-0.1, -0.05) is 12.1 Å². The Labute approximate surface area is 217 Å². The number of nitrogens with one attached hydrogen (secondary N) is 3. The number of carbonyl (C=O) groups excluding carboxylic acids is 4. The summed E-state index contributed by atoms with van der Waals surface area (Å²) in [5.74, 6) is -5.31. The van der Waals surface area contributed by atoms with Crippen LogP contribution in [-0.2, 0) is 30.4 Å². The Morgan fingerprint density at radius 1 is 0.868 bits per heavy atom. The van der Waals surface area contributed by atoms with E-state index in [2.05, 4.69) is 20.9 Å². The zero-order valence-corrected chi connectivity index (χ0v) is 20.5. The number of hydrogen-bond donors (Lipinski definition) is 10. The van der Waals surface area contributed by atoms with Gasteiger partial charge in [-0.25, -0.2) is 4.79 Å². The fraction of sp³-hybridized carbons (Fsp3) is 0.455. The predicted octanol–water partition coefficient (Wildman–Crippen LogP) is -4.28. The highest BCUT2D eigenvalue weighted by molar-refractivity contribution is 5.95. The lowest BCUT2D eigenvalue weighted by Gasteiger charge is -2.25. The Morgan fingerprint density at radius 3 is 1.95 bits per heavy atom. The van der Waals surface area contributed by atoms with Crippen molar-refractivity contribution in [2.75, 3.05) is 13.2 Å². The van der Waals surface area contributed by atoms with Crippen LogP contribution in [0.5, 0.6) is 5.75 Å². The highest BCUT2D eigenvalue weighted by Gasteiger charge is 2.30. The average molecular weight is 539 g/mol. The van der Waals surface area contributed by atoms with E-state index in [1.807, 2.05) is 0 Å². The highest BCUT2D eigenvalue weighted by Crippen LogP contribution is 2.12. The fourth-order valence-electron chi connectivity index (χ4n) is 3.16. The number of nitrogens with two attached hydrogens (primary N) is 4. The first-order valence-electron chi connectivity index (χ1n) is 11.5. The zero-order chi connectivity index (χ0) is 28.8. The molecule has 0 radical (unpaired) electrons. The van der Waals surface area contributed by atoms with E-state index in [4.69, 9.17) is 28.0 Å². The van der Waals surface area contributed by atoms with Gasteiger partial charge in [0.05, 0.1) is 13.0 Å². The molecule has 0 aliphatic carbocycles. The SMILES string of the molecule is NC(=O)CC(NC(=O)C(CCCN=C(N)N)NC(=O)C(Cc1ccc(O)cc1)NC(=O)C(N)CO)C(=O)O. The first kappa shape index (κ1) is 31.6. The molecule has 38 heavy (non-hydrogen) atoms. The molecule has 4 unspecified atom stereocenters. The van der Waals surface area contributed by atoms with E-state index >= 15 is 0 Å². The maximum Gasteiger partial charge on any atom is 0.326 e. The van der Waals surface area contributed by atoms with Crippen LogP contribution in [0.15, 0.2) is 29.3 Å². The molecule has 0 bridgehead atoms. The number of guanidine groups is 1. The van der Waals surface area contributed by atoms with Crippen molar-refractivity contribution in [2.24, 2.45) is 27.9 Å². The summed E-state index contributed by atoms with van der Waals surface area (Å²) < 4.78 is 0. The number of primary amides is 1. The third-order valence-electron chi connectivity index (χ3n) is 5.14. The van der Waals surface area contributed by atoms with Crippen molar-refractivity contribution in [1.29, 1.82) is 0 Å². The molecule has 0 saturated carbocycles. The number of carboxylic acids is 1. The van der Waals surface area contributed by atoms with Crippen LogP contribution in [0.4, 0.5) is 0 Å². The Morgan fingerprint density at radius 2 is 1.42 bits per heavy atom. The maximum atomic E-state index is 13.2. The van der Waals surface area contributed by atoms with E-state index in [-0.39, 0.29) is 37.5 Å². The molecule has 4 atom stereocenters. The predicted molar refractivity (Wildman–Crippen MR) is 134 cm³/mol. The van der Waals surface area contributed by atoms with Crippen molar-refractivity contribution in [2.45, 2.75) is 49.9 Å². The molecular formula is C22H34N8O8. The first-order valence-corrected chi connectivity index (χ1v) is 11.5. The van der Waals surface area contributed by atoms with Crippen molar-refractivity contribution in [3.05, 3.63) is 29.8 Å². The monoisotopic (exact) mass is 538 g/mol. The summed E-state index contributed by atoms with van der Waals surface area (Å²) in [6.45, 7) is -0.601. The van der Waals surface area contributed by atoms with Crippen molar-refractivity contribution in [3.63, 3.8) is 0 Å². The summed E-state index contributed by atoms with van der Waals surface area (Å²) in [6, 6.07) is 0.187. The number of hydrogen-bond acceptors (Lipinski definition) is 9. The minimum absolute atomic E-state index is 0.0254. The normalized spacial score (nSPS) is 13.7. The molecule has 0 aromatic heterocycles. The van der Waals surface area contributed by atoms with Gasteiger partial charge >= 0.3 is 5.97 Å². The molecule has 14 N–H and O–H groups in total. The number of aromatic hydroxyl groups is 1. The Bertz CT molecular complexity index is 1010. The van der Waals surface area contributed by atoms with Gasteiger partial charge in [0, 0.05) is 13.0 Å². The van der Waals surface area contributed by atoms with Crippen LogP contribution < -0.4 is 38.9 Å². The van der Waals surface area contributed by atoms with Gasteiger partial charge in [0.15, 0.2) is 5.96 Å². The maximum absolute atomic E-state index is 13.2. The molecule has 1 aromatic rings. The van der Waals surface area contributed by atoms with E-state index in [1.54, 1.807) is 0 Å². The molecule has 16 heteroatoms. The molecule has 0 spiro atoms. The number of aliphatic hydroxyl groups is 1. The number of amides is 4. The number of phenolic OH excluding ortho intramolecular Hbond substituents is 1. The van der Waals surface area contributed by atoms with E-state index in [1.165, 1.54) is 24.3 Å². The van der Waals surface area contributed by atoms with Gasteiger partial charge < -0.3 is 54.2 Å². The molecule has 4 amide bonds. The molecule has 16 nitrogen and oxygen atoms in total. The number of carbonyl (C=O) groups is 5. The number of nitrogens with zero attached hydrogens (tertiary/aromatic N) is 1. The van der Waals surface area contributed by atoms with Crippen LogP contribution in [0.25, 0.3) is 0 Å². The van der Waals surface area contributed by atoms with Crippen molar-refractivity contribution in [1.82, 2.24) is 16.0 Å². The van der Waals surface area contributed by atoms with Gasteiger partial charge in [-0.15, -0.1) is 0 Å². The topological polar surface area (TPSA) is 299 Å². The van der Waals surface area contributed by atoms with E-state index in [0.29, 0.717) is 5.56 Å². The molecule has 1 rings (SSSR count). The van der Waals surface area contributed by atoms with E-state index in [0.717, 1.165) is 0 Å². The molecule has 0 aliphatic rings. The number of carboxylic acid groups (broad SMARTS) is 1. The average Bonchev–Trinajstić information content (AvgIpc) is 2.84. The van der Waals surface area contributed by atoms with Crippen LogP contribution in [0.3, 0.4) is 0 Å². The van der Waals surface area contributed by atoms with Gasteiger partial charge in [0.2, 0.25) is 23.6 Å². The Kier molecular flexibility index (Phi) is 13.0. The third-order valence-corrected chi connectivity index (χ3v) is 5.14. The van der Waals surface area contributed by atoms with Gasteiger partial charge in [-0.05, 0) is 30.5 Å². The van der Waals surface area contributed by atoms with Gasteiger partial charge in [0.1, 0.15) is 29.9 Å². The molecule has 1 aromatic carbocycles. The minimum atomic E-state index is -1.65. The number of phenols is 1. The van der Waals surface area contributed by atoms with E-state index < -0.39 is 66.8 Å². The number of aliphatic carboxylic acids is 1. The lowest BCUT2D eigenvalue weighted by molar-refractivity contribution is -0.143. The summed E-state index contributed by atoms with van der Waals surface area (Å²) in [5, 5.41) is 35.0. The second-order valence-electron chi connectivity index (χ2n) is 8.30. The minimum Gasteiger partial charge on any atom is -0.508 e. The number of aliphatic imine (C=N–C) groups is 1. The van der Waals surface area contributed by atoms with Crippen LogP contribution in [0, 0.1) is 0 Å². The zero-order valence-electron chi connectivity index (χ0n) is 20.5. The molecule has 210 valence electrons. The summed E-state index contributed by atoms with van der Waals surface area (Å²) in [5.41, 5.74) is 21.7. The summed E-state index contributed by atoms with van der Waals surface area (Å²) in [4.78, 5) is 64.8. The van der Waals surface area contributed by atoms with Crippen molar-refractivity contribution in [3.8, 4) is 5.75 Å².